The fraction of sp³-hybridized carbons (Fsp3) is 0.440. The van der Waals surface area contributed by atoms with E-state index in [-0.39, 0.29) is 11.8 Å². The van der Waals surface area contributed by atoms with Crippen LogP contribution in [0.25, 0.3) is 0 Å². The van der Waals surface area contributed by atoms with E-state index in [1.165, 1.54) is 0 Å². The summed E-state index contributed by atoms with van der Waals surface area (Å²) in [5.74, 6) is -2.67. The summed E-state index contributed by atoms with van der Waals surface area (Å²) in [6, 6.07) is 8.78. The second kappa shape index (κ2) is 17.8. The van der Waals surface area contributed by atoms with Crippen molar-refractivity contribution < 1.29 is 42.1 Å². The van der Waals surface area contributed by atoms with Crippen LogP contribution in [0, 0.1) is 0 Å². The number of pyridine rings is 1. The molecule has 0 atom stereocenters. The zero-order chi connectivity index (χ0) is 29.3. The quantitative estimate of drug-likeness (QED) is 0.270. The number of aliphatic carboxylic acids is 1. The number of unbranched alkanes of at least 4 members (excludes halogenated alkanes) is 2. The summed E-state index contributed by atoms with van der Waals surface area (Å²) in [7, 11) is 1.60. The number of ether oxygens (including phenoxy) is 2. The van der Waals surface area contributed by atoms with E-state index in [1.807, 2.05) is 12.1 Å². The van der Waals surface area contributed by atoms with Crippen LogP contribution in [-0.2, 0) is 14.3 Å². The van der Waals surface area contributed by atoms with Crippen molar-refractivity contribution in [1.82, 2.24) is 9.88 Å². The van der Waals surface area contributed by atoms with Gasteiger partial charge < -0.3 is 30.5 Å². The van der Waals surface area contributed by atoms with Gasteiger partial charge in [-0.15, -0.1) is 0 Å². The maximum atomic E-state index is 13.1. The highest BCUT2D eigenvalue weighted by Gasteiger charge is 2.38. The molecule has 0 unspecified atom stereocenters. The number of nitrogens with one attached hydrogen (secondary N) is 1. The average molecular weight is 577 g/mol. The Bertz CT molecular complexity index is 1040. The smallest absolute Gasteiger partial charge is 0.490 e. The number of carboxylic acids is 1. The minimum Gasteiger partial charge on any atom is -0.492 e. The molecule has 0 aliphatic carbocycles. The van der Waals surface area contributed by atoms with Crippen LogP contribution in [0.2, 0.25) is 5.02 Å². The van der Waals surface area contributed by atoms with Crippen molar-refractivity contribution in [3.8, 4) is 5.75 Å². The van der Waals surface area contributed by atoms with Crippen molar-refractivity contribution in [3.05, 3.63) is 53.3 Å². The molecule has 216 valence electrons. The lowest BCUT2D eigenvalue weighted by Crippen LogP contribution is -2.34. The molecule has 2 amide bonds. The third kappa shape index (κ3) is 14.8. The minimum absolute atomic E-state index is 0.140. The summed E-state index contributed by atoms with van der Waals surface area (Å²) in [5, 5.41) is 10.8. The average Bonchev–Trinajstić information content (AvgIpc) is 2.88. The molecule has 4 N–H and O–H groups in total. The molecule has 0 spiro atoms. The van der Waals surface area contributed by atoms with Crippen molar-refractivity contribution in [3.63, 3.8) is 0 Å². The van der Waals surface area contributed by atoms with Gasteiger partial charge in [0.25, 0.3) is 5.91 Å². The lowest BCUT2D eigenvalue weighted by Gasteiger charge is -2.23. The molecule has 1 heterocycles. The van der Waals surface area contributed by atoms with Crippen LogP contribution in [0.4, 0.5) is 18.9 Å². The molecule has 1 aromatic heterocycles. The van der Waals surface area contributed by atoms with Gasteiger partial charge in [0, 0.05) is 61.8 Å². The maximum absolute atomic E-state index is 13.1. The molecule has 0 bridgehead atoms. The summed E-state index contributed by atoms with van der Waals surface area (Å²) in [5.41, 5.74) is 6.59. The number of carbonyl (C=O) groups excluding carboxylic acids is 2. The largest absolute Gasteiger partial charge is 0.492 e. The zero-order valence-corrected chi connectivity index (χ0v) is 22.1. The fourth-order valence-corrected chi connectivity index (χ4v) is 3.31. The highest BCUT2D eigenvalue weighted by molar-refractivity contribution is 6.31. The Morgan fingerprint density at radius 1 is 1.08 bits per heavy atom. The molecular formula is C25H32ClF3N4O6. The second-order valence-corrected chi connectivity index (χ2v) is 8.49. The van der Waals surface area contributed by atoms with Crippen molar-refractivity contribution >= 4 is 35.1 Å². The number of methoxy groups -OCH3 is 1. The number of primary amides is 1. The van der Waals surface area contributed by atoms with E-state index in [0.29, 0.717) is 62.0 Å². The van der Waals surface area contributed by atoms with Gasteiger partial charge in [-0.3, -0.25) is 14.6 Å². The van der Waals surface area contributed by atoms with Gasteiger partial charge in [0.2, 0.25) is 5.91 Å². The topological polar surface area (TPSA) is 144 Å². The van der Waals surface area contributed by atoms with Crippen LogP contribution >= 0.6 is 11.6 Å². The van der Waals surface area contributed by atoms with Gasteiger partial charge in [-0.25, -0.2) is 4.79 Å². The lowest BCUT2D eigenvalue weighted by molar-refractivity contribution is -0.192. The molecule has 1 aromatic carbocycles. The standard InChI is InChI=1S/C23H31ClN4O4.C2HF3O2/c1-31-14-12-28(11-4-2-3-5-22(25)29)23(30)18-15-19(24)17-21(16-18)32-13-10-27-20-6-8-26-9-7-20;3-2(4,5)1(6)7/h6-9,15-17H,2-5,10-14H2,1H3,(H2,25,29)(H,26,27);(H,6,7). The number of alkyl halides is 3. The minimum atomic E-state index is -5.08. The van der Waals surface area contributed by atoms with Crippen LogP contribution in [0.5, 0.6) is 5.75 Å². The third-order valence-corrected chi connectivity index (χ3v) is 5.16. The number of anilines is 1. The second-order valence-electron chi connectivity index (χ2n) is 8.05. The number of carbonyl (C=O) groups is 3. The first kappa shape index (κ1) is 33.4. The predicted molar refractivity (Wildman–Crippen MR) is 139 cm³/mol. The van der Waals surface area contributed by atoms with E-state index in [4.69, 9.17) is 36.7 Å². The Balaban J connectivity index is 0.000000956. The summed E-state index contributed by atoms with van der Waals surface area (Å²) < 4.78 is 42.7. The number of rotatable bonds is 15. The van der Waals surface area contributed by atoms with E-state index in [0.717, 1.165) is 18.5 Å². The SMILES string of the molecule is COCCN(CCCCCC(N)=O)C(=O)c1cc(Cl)cc(OCCNc2ccncc2)c1.O=C(O)C(F)(F)F. The molecular weight excluding hydrogens is 545 g/mol. The fourth-order valence-electron chi connectivity index (χ4n) is 3.08. The Labute approximate surface area is 229 Å². The van der Waals surface area contributed by atoms with E-state index in [9.17, 15) is 22.8 Å². The van der Waals surface area contributed by atoms with E-state index in [2.05, 4.69) is 10.3 Å². The maximum Gasteiger partial charge on any atom is 0.490 e. The molecule has 0 fully saturated rings. The van der Waals surface area contributed by atoms with Crippen molar-refractivity contribution in [1.29, 1.82) is 0 Å². The molecule has 39 heavy (non-hydrogen) atoms. The number of hydrogen-bond acceptors (Lipinski definition) is 7. The monoisotopic (exact) mass is 576 g/mol. The molecule has 0 saturated heterocycles. The van der Waals surface area contributed by atoms with Gasteiger partial charge in [0.05, 0.1) is 6.61 Å². The molecule has 0 aliphatic heterocycles. The van der Waals surface area contributed by atoms with Crippen LogP contribution in [0.3, 0.4) is 0 Å². The van der Waals surface area contributed by atoms with Crippen LogP contribution in [0.15, 0.2) is 42.7 Å². The predicted octanol–water partition coefficient (Wildman–Crippen LogP) is 3.99. The number of hydrogen-bond donors (Lipinski definition) is 3. The van der Waals surface area contributed by atoms with Crippen LogP contribution in [-0.4, -0.2) is 78.9 Å². The van der Waals surface area contributed by atoms with Crippen molar-refractivity contribution in [2.24, 2.45) is 5.73 Å². The van der Waals surface area contributed by atoms with Crippen molar-refractivity contribution in [2.45, 2.75) is 31.9 Å². The van der Waals surface area contributed by atoms with Gasteiger partial charge in [0.15, 0.2) is 0 Å². The number of benzene rings is 1. The van der Waals surface area contributed by atoms with Gasteiger partial charge in [0.1, 0.15) is 12.4 Å². The Kier molecular flexibility index (Phi) is 15.3. The van der Waals surface area contributed by atoms with E-state index < -0.39 is 12.1 Å². The number of nitrogens with two attached hydrogens (primary N) is 1. The summed E-state index contributed by atoms with van der Waals surface area (Å²) >= 11 is 6.25. The van der Waals surface area contributed by atoms with Gasteiger partial charge >= 0.3 is 12.1 Å². The molecule has 2 aromatic rings. The van der Waals surface area contributed by atoms with Gasteiger partial charge in [-0.1, -0.05) is 18.0 Å². The molecule has 0 saturated carbocycles. The molecule has 10 nitrogen and oxygen atoms in total. The Morgan fingerprint density at radius 3 is 2.33 bits per heavy atom. The Hall–Kier alpha value is -3.58. The van der Waals surface area contributed by atoms with Crippen molar-refractivity contribution in [2.75, 3.05) is 45.3 Å². The van der Waals surface area contributed by atoms with E-state index in [1.54, 1.807) is 42.6 Å². The van der Waals surface area contributed by atoms with E-state index >= 15 is 0 Å². The third-order valence-electron chi connectivity index (χ3n) is 4.94. The molecule has 0 radical (unpaired) electrons. The molecule has 2 rings (SSSR count). The first-order valence-corrected chi connectivity index (χ1v) is 12.3. The van der Waals surface area contributed by atoms with Gasteiger partial charge in [-0.05, 0) is 43.2 Å². The zero-order valence-electron chi connectivity index (χ0n) is 21.4. The normalized spacial score (nSPS) is 10.7. The number of halogens is 4. The number of amides is 2. The molecule has 0 aliphatic rings. The van der Waals surface area contributed by atoms with Crippen LogP contribution < -0.4 is 15.8 Å². The highest BCUT2D eigenvalue weighted by atomic mass is 35.5. The lowest BCUT2D eigenvalue weighted by atomic mass is 10.1. The summed E-state index contributed by atoms with van der Waals surface area (Å²) in [6.45, 7) is 2.44. The first-order chi connectivity index (χ1) is 18.4. The summed E-state index contributed by atoms with van der Waals surface area (Å²) in [6.07, 6.45) is 0.999. The summed E-state index contributed by atoms with van der Waals surface area (Å²) in [4.78, 5) is 38.6. The first-order valence-electron chi connectivity index (χ1n) is 11.9. The molecule has 14 heteroatoms. The highest BCUT2D eigenvalue weighted by Crippen LogP contribution is 2.22. The number of carboxylic acid groups (broad SMARTS) is 1. The van der Waals surface area contributed by atoms with Crippen LogP contribution in [0.1, 0.15) is 36.0 Å². The number of nitrogens with zero attached hydrogens (tertiary/aromatic N) is 2. The Morgan fingerprint density at radius 2 is 1.74 bits per heavy atom. The van der Waals surface area contributed by atoms with Gasteiger partial charge in [-0.2, -0.15) is 13.2 Å². The number of aromatic nitrogens is 1.